The third-order valence-electron chi connectivity index (χ3n) is 16.5. The van der Waals surface area contributed by atoms with Gasteiger partial charge in [-0.1, -0.05) is 321 Å². The first-order valence-electron chi connectivity index (χ1n) is 36.1. The monoisotopic (exact) mass is 1180 g/mol. The van der Waals surface area contributed by atoms with E-state index in [1.165, 1.54) is 308 Å². The van der Waals surface area contributed by atoms with Crippen LogP contribution in [0, 0.1) is 0 Å². The number of ether oxygens (including phenoxy) is 2. The Labute approximate surface area is 510 Å². The van der Waals surface area contributed by atoms with Gasteiger partial charge in [0.15, 0.2) is 6.10 Å². The summed E-state index contributed by atoms with van der Waals surface area (Å²) < 4.78 is 34.8. The fraction of sp³-hybridized carbons (Fsp3) is 0.917. The minimum atomic E-state index is -4.39. The average Bonchev–Trinajstić information content (AvgIpc) is 3.46. The van der Waals surface area contributed by atoms with Gasteiger partial charge in [0.1, 0.15) is 19.8 Å². The molecule has 0 aliphatic heterocycles. The Morgan fingerprint density at radius 1 is 0.366 bits per heavy atom. The Morgan fingerprint density at radius 3 is 0.902 bits per heavy atom. The van der Waals surface area contributed by atoms with Crippen LogP contribution in [-0.4, -0.2) is 74.9 Å². The van der Waals surface area contributed by atoms with E-state index in [2.05, 4.69) is 38.2 Å². The van der Waals surface area contributed by atoms with Gasteiger partial charge < -0.3 is 18.9 Å². The number of carbonyl (C=O) groups excluding carboxylic acids is 2. The first-order chi connectivity index (χ1) is 40.0. The van der Waals surface area contributed by atoms with Crippen LogP contribution in [-0.2, 0) is 32.7 Å². The summed E-state index contributed by atoms with van der Waals surface area (Å²) in [5, 5.41) is 0. The zero-order valence-electron chi connectivity index (χ0n) is 55.5. The lowest BCUT2D eigenvalue weighted by Gasteiger charge is -2.24. The number of phosphoric acid groups is 1. The number of hydrogen-bond acceptors (Lipinski definition) is 7. The minimum absolute atomic E-state index is 0.0353. The molecule has 0 fully saturated rings. The topological polar surface area (TPSA) is 108 Å². The number of phosphoric ester groups is 1. The van der Waals surface area contributed by atoms with E-state index >= 15 is 0 Å². The highest BCUT2D eigenvalue weighted by Crippen LogP contribution is 2.43. The zero-order chi connectivity index (χ0) is 59.8. The molecule has 0 aromatic carbocycles. The van der Waals surface area contributed by atoms with Gasteiger partial charge in [-0.2, -0.15) is 0 Å². The third kappa shape index (κ3) is 67.6. The van der Waals surface area contributed by atoms with Gasteiger partial charge in [0, 0.05) is 12.8 Å². The van der Waals surface area contributed by atoms with Crippen molar-refractivity contribution in [3.8, 4) is 0 Å². The average molecular weight is 1180 g/mol. The molecule has 2 atom stereocenters. The Morgan fingerprint density at radius 2 is 0.622 bits per heavy atom. The normalized spacial score (nSPS) is 13.2. The summed E-state index contributed by atoms with van der Waals surface area (Å²) in [6, 6.07) is 0. The van der Waals surface area contributed by atoms with Crippen molar-refractivity contribution >= 4 is 19.8 Å². The summed E-state index contributed by atoms with van der Waals surface area (Å²) in [7, 11) is 1.50. The van der Waals surface area contributed by atoms with Crippen molar-refractivity contribution in [1.82, 2.24) is 0 Å². The number of rotatable bonds is 68. The van der Waals surface area contributed by atoms with Gasteiger partial charge in [-0.3, -0.25) is 18.6 Å². The number of allylic oxidation sites excluding steroid dienone is 4. The van der Waals surface area contributed by atoms with E-state index in [4.69, 9.17) is 18.5 Å². The van der Waals surface area contributed by atoms with E-state index in [9.17, 15) is 19.0 Å². The maximum atomic E-state index is 12.9. The van der Waals surface area contributed by atoms with Gasteiger partial charge >= 0.3 is 19.8 Å². The maximum absolute atomic E-state index is 12.9. The molecule has 2 unspecified atom stereocenters. The van der Waals surface area contributed by atoms with E-state index in [-0.39, 0.29) is 25.6 Å². The SMILES string of the molecule is CCCCCCCCCC/C=C\CCCCCCCCCCCCCCCCCCCCCCCC(=O)OC(COC(=O)CCCCCCCCCCCCCCC/C=C\CCCCCCCCCC)COP(=O)(O)OCC[N+](C)(C)C. The molecule has 82 heavy (non-hydrogen) atoms. The summed E-state index contributed by atoms with van der Waals surface area (Å²) in [6.07, 6.45) is 80.1. The van der Waals surface area contributed by atoms with Gasteiger partial charge in [0.25, 0.3) is 0 Å². The van der Waals surface area contributed by atoms with Gasteiger partial charge in [-0.05, 0) is 64.2 Å². The molecule has 0 saturated heterocycles. The van der Waals surface area contributed by atoms with E-state index < -0.39 is 26.5 Å². The predicted molar refractivity (Wildman–Crippen MR) is 354 cm³/mol. The van der Waals surface area contributed by atoms with Crippen LogP contribution in [0.5, 0.6) is 0 Å². The number of unbranched alkanes of at least 4 members (excludes halogenated alkanes) is 50. The van der Waals surface area contributed by atoms with E-state index in [1.54, 1.807) is 0 Å². The highest BCUT2D eigenvalue weighted by molar-refractivity contribution is 7.47. The van der Waals surface area contributed by atoms with Crippen LogP contribution in [0.4, 0.5) is 0 Å². The van der Waals surface area contributed by atoms with Crippen molar-refractivity contribution in [2.75, 3.05) is 47.5 Å². The molecule has 0 rings (SSSR count). The molecule has 0 radical (unpaired) electrons. The summed E-state index contributed by atoms with van der Waals surface area (Å²) in [5.41, 5.74) is 0. The lowest BCUT2D eigenvalue weighted by atomic mass is 10.0. The Bertz CT molecular complexity index is 1430. The van der Waals surface area contributed by atoms with E-state index in [0.29, 0.717) is 23.9 Å². The molecule has 0 aromatic heterocycles. The highest BCUT2D eigenvalue weighted by atomic mass is 31.2. The van der Waals surface area contributed by atoms with E-state index in [0.717, 1.165) is 32.1 Å². The molecular formula is C72H141NO8P+. The Balaban J connectivity index is 3.97. The molecule has 10 heteroatoms. The second-order valence-electron chi connectivity index (χ2n) is 26.0. The van der Waals surface area contributed by atoms with Crippen molar-refractivity contribution in [3.63, 3.8) is 0 Å². The molecule has 0 saturated carbocycles. The van der Waals surface area contributed by atoms with Crippen LogP contribution in [0.2, 0.25) is 0 Å². The molecule has 1 N–H and O–H groups in total. The van der Waals surface area contributed by atoms with Crippen molar-refractivity contribution < 1.29 is 42.1 Å². The number of carbonyl (C=O) groups is 2. The smallest absolute Gasteiger partial charge is 0.462 e. The van der Waals surface area contributed by atoms with Crippen molar-refractivity contribution in [2.24, 2.45) is 0 Å². The maximum Gasteiger partial charge on any atom is 0.472 e. The summed E-state index contributed by atoms with van der Waals surface area (Å²) >= 11 is 0. The Hall–Kier alpha value is -1.51. The minimum Gasteiger partial charge on any atom is -0.462 e. The van der Waals surface area contributed by atoms with Gasteiger partial charge in [-0.15, -0.1) is 0 Å². The van der Waals surface area contributed by atoms with Crippen molar-refractivity contribution in [3.05, 3.63) is 24.3 Å². The van der Waals surface area contributed by atoms with Crippen LogP contribution in [0.1, 0.15) is 373 Å². The van der Waals surface area contributed by atoms with Gasteiger partial charge in [0.2, 0.25) is 0 Å². The lowest BCUT2D eigenvalue weighted by molar-refractivity contribution is -0.870. The number of likely N-dealkylation sites (N-methyl/N-ethyl adjacent to an activating group) is 1. The number of esters is 2. The molecule has 0 aliphatic rings. The number of hydrogen-bond donors (Lipinski definition) is 1. The first kappa shape index (κ1) is 80.5. The lowest BCUT2D eigenvalue weighted by Crippen LogP contribution is -2.37. The molecule has 0 bridgehead atoms. The molecule has 0 heterocycles. The zero-order valence-corrected chi connectivity index (χ0v) is 56.4. The number of quaternary nitrogens is 1. The van der Waals surface area contributed by atoms with Crippen LogP contribution in [0.3, 0.4) is 0 Å². The standard InChI is InChI=1S/C72H140NO8P/c1-6-8-10-12-14-16-18-20-22-24-26-28-30-32-33-34-35-36-37-38-39-41-43-45-47-49-51-53-55-57-59-61-63-65-72(75)81-70(69-80-82(76,77)79-67-66-73(3,4)5)68-78-71(74)64-62-60-58-56-54-52-50-48-46-44-42-40-31-29-27-25-23-21-19-17-15-13-11-9-7-2/h24-27,70H,6-23,28-69H2,1-5H3/p+1/b26-24-,27-25-. The fourth-order valence-electron chi connectivity index (χ4n) is 10.9. The van der Waals surface area contributed by atoms with Gasteiger partial charge in [0.05, 0.1) is 27.7 Å². The highest BCUT2D eigenvalue weighted by Gasteiger charge is 2.27. The van der Waals surface area contributed by atoms with Gasteiger partial charge in [-0.25, -0.2) is 4.57 Å². The molecule has 0 aromatic rings. The van der Waals surface area contributed by atoms with Crippen LogP contribution in [0.15, 0.2) is 24.3 Å². The Kier molecular flexibility index (Phi) is 62.8. The molecule has 0 aliphatic carbocycles. The molecule has 0 spiro atoms. The molecule has 0 amide bonds. The molecular weight excluding hydrogens is 1040 g/mol. The van der Waals surface area contributed by atoms with Crippen LogP contribution < -0.4 is 0 Å². The number of nitrogens with zero attached hydrogens (tertiary/aromatic N) is 1. The third-order valence-corrected chi connectivity index (χ3v) is 17.4. The second kappa shape index (κ2) is 64.0. The summed E-state index contributed by atoms with van der Waals surface area (Å²) in [4.78, 5) is 35.9. The quantitative estimate of drug-likeness (QED) is 0.0211. The van der Waals surface area contributed by atoms with Crippen LogP contribution >= 0.6 is 7.82 Å². The second-order valence-corrected chi connectivity index (χ2v) is 27.4. The van der Waals surface area contributed by atoms with Crippen molar-refractivity contribution in [2.45, 2.75) is 380 Å². The molecule has 486 valence electrons. The fourth-order valence-corrected chi connectivity index (χ4v) is 11.6. The largest absolute Gasteiger partial charge is 0.472 e. The predicted octanol–water partition coefficient (Wildman–Crippen LogP) is 23.3. The summed E-state index contributed by atoms with van der Waals surface area (Å²) in [5.74, 6) is -0.774. The summed E-state index contributed by atoms with van der Waals surface area (Å²) in [6.45, 7) is 4.51. The van der Waals surface area contributed by atoms with Crippen LogP contribution in [0.25, 0.3) is 0 Å². The van der Waals surface area contributed by atoms with Crippen molar-refractivity contribution in [1.29, 1.82) is 0 Å². The molecule has 9 nitrogen and oxygen atoms in total. The first-order valence-corrected chi connectivity index (χ1v) is 37.6. The van der Waals surface area contributed by atoms with E-state index in [1.807, 2.05) is 21.1 Å².